The molecule has 25 heavy (non-hydrogen) atoms. The van der Waals surface area contributed by atoms with Crippen LogP contribution in [0.15, 0.2) is 71.8 Å². The lowest BCUT2D eigenvalue weighted by Crippen LogP contribution is -2.19. The Bertz CT molecular complexity index is 1110. The lowest BCUT2D eigenvalue weighted by Gasteiger charge is -2.08. The summed E-state index contributed by atoms with van der Waals surface area (Å²) in [5, 5.41) is 1.27. The molecule has 0 radical (unpaired) electrons. The molecular formula is C19H13Cl2N3O. The topological polar surface area (TPSA) is 39.3 Å². The second-order valence-corrected chi connectivity index (χ2v) is 6.53. The van der Waals surface area contributed by atoms with E-state index in [9.17, 15) is 4.79 Å². The maximum atomic E-state index is 12.1. The Hall–Kier alpha value is -2.56. The van der Waals surface area contributed by atoms with E-state index in [4.69, 9.17) is 28.2 Å². The molecule has 0 spiro atoms. The number of hydrogen-bond acceptors (Lipinski definition) is 2. The molecular weight excluding hydrogens is 357 g/mol. The van der Waals surface area contributed by atoms with Crippen molar-refractivity contribution in [1.29, 1.82) is 0 Å². The first kappa shape index (κ1) is 15.9. The molecule has 3 heterocycles. The highest BCUT2D eigenvalue weighted by Gasteiger charge is 2.15. The zero-order chi connectivity index (χ0) is 17.4. The summed E-state index contributed by atoms with van der Waals surface area (Å²) in [6, 6.07) is 16.2. The summed E-state index contributed by atoms with van der Waals surface area (Å²) < 4.78 is 3.56. The van der Waals surface area contributed by atoms with E-state index in [1.54, 1.807) is 22.9 Å². The molecule has 0 atom stereocenters. The van der Waals surface area contributed by atoms with Gasteiger partial charge in [-0.1, -0.05) is 41.4 Å². The van der Waals surface area contributed by atoms with Gasteiger partial charge in [-0.3, -0.25) is 4.79 Å². The molecule has 6 heteroatoms. The minimum Gasteiger partial charge on any atom is -0.310 e. The predicted molar refractivity (Wildman–Crippen MR) is 100 cm³/mol. The summed E-state index contributed by atoms with van der Waals surface area (Å²) in [7, 11) is 0. The van der Waals surface area contributed by atoms with E-state index in [0.29, 0.717) is 16.6 Å². The number of benzene rings is 1. The Labute approximate surface area is 153 Å². The van der Waals surface area contributed by atoms with E-state index in [0.717, 1.165) is 22.6 Å². The minimum atomic E-state index is -0.0680. The second-order valence-electron chi connectivity index (χ2n) is 5.66. The number of aromatic nitrogens is 3. The van der Waals surface area contributed by atoms with Crippen LogP contribution < -0.4 is 5.56 Å². The van der Waals surface area contributed by atoms with Crippen molar-refractivity contribution in [1.82, 2.24) is 14.0 Å². The summed E-state index contributed by atoms with van der Waals surface area (Å²) >= 11 is 12.2. The molecule has 0 saturated carbocycles. The SMILES string of the molecule is O=c1ccccn1Cc1c(-c2ccc(Cl)cc2)nc2ccc(Cl)cn12. The van der Waals surface area contributed by atoms with Crippen molar-refractivity contribution in [3.8, 4) is 11.3 Å². The Kier molecular flexibility index (Phi) is 4.07. The van der Waals surface area contributed by atoms with Crippen molar-refractivity contribution in [2.75, 3.05) is 0 Å². The van der Waals surface area contributed by atoms with Gasteiger partial charge in [-0.2, -0.15) is 0 Å². The molecule has 0 aliphatic rings. The molecule has 4 aromatic rings. The van der Waals surface area contributed by atoms with E-state index in [1.807, 2.05) is 47.0 Å². The van der Waals surface area contributed by atoms with Gasteiger partial charge in [-0.05, 0) is 30.3 Å². The van der Waals surface area contributed by atoms with Crippen molar-refractivity contribution in [2.45, 2.75) is 6.54 Å². The quantitative estimate of drug-likeness (QED) is 0.532. The van der Waals surface area contributed by atoms with Crippen LogP contribution in [-0.4, -0.2) is 14.0 Å². The third kappa shape index (κ3) is 3.06. The molecule has 4 nitrogen and oxygen atoms in total. The van der Waals surface area contributed by atoms with Gasteiger partial charge >= 0.3 is 0 Å². The van der Waals surface area contributed by atoms with Gasteiger partial charge in [-0.25, -0.2) is 4.98 Å². The number of nitrogens with zero attached hydrogens (tertiary/aromatic N) is 3. The summed E-state index contributed by atoms with van der Waals surface area (Å²) in [6.07, 6.45) is 3.57. The zero-order valence-corrected chi connectivity index (χ0v) is 14.6. The maximum Gasteiger partial charge on any atom is 0.250 e. The molecule has 0 aliphatic heterocycles. The van der Waals surface area contributed by atoms with Crippen LogP contribution in [0.5, 0.6) is 0 Å². The number of halogens is 2. The standard InChI is InChI=1S/C19H13Cl2N3O/c20-14-6-4-13(5-7-14)19-16(12-23-10-2-1-3-18(23)25)24-11-15(21)8-9-17(24)22-19/h1-11H,12H2. The molecule has 0 N–H and O–H groups in total. The molecule has 0 aliphatic carbocycles. The largest absolute Gasteiger partial charge is 0.310 e. The van der Waals surface area contributed by atoms with Crippen molar-refractivity contribution < 1.29 is 0 Å². The van der Waals surface area contributed by atoms with Crippen LogP contribution in [0.2, 0.25) is 10.0 Å². The highest BCUT2D eigenvalue weighted by atomic mass is 35.5. The number of hydrogen-bond donors (Lipinski definition) is 0. The van der Waals surface area contributed by atoms with Crippen LogP contribution in [0, 0.1) is 0 Å². The highest BCUT2D eigenvalue weighted by molar-refractivity contribution is 6.30. The first-order valence-corrected chi connectivity index (χ1v) is 8.45. The molecule has 3 aromatic heterocycles. The van der Waals surface area contributed by atoms with Crippen molar-refractivity contribution in [3.05, 3.63) is 93.1 Å². The molecule has 4 rings (SSSR count). The van der Waals surface area contributed by atoms with E-state index in [-0.39, 0.29) is 5.56 Å². The fraction of sp³-hybridized carbons (Fsp3) is 0.0526. The minimum absolute atomic E-state index is 0.0680. The average molecular weight is 370 g/mol. The first-order chi connectivity index (χ1) is 12.1. The molecule has 0 bridgehead atoms. The maximum absolute atomic E-state index is 12.1. The van der Waals surface area contributed by atoms with Crippen LogP contribution in [0.25, 0.3) is 16.9 Å². The molecule has 1 aromatic carbocycles. The zero-order valence-electron chi connectivity index (χ0n) is 13.1. The normalized spacial score (nSPS) is 11.1. The Morgan fingerprint density at radius 3 is 2.44 bits per heavy atom. The summed E-state index contributed by atoms with van der Waals surface area (Å²) in [6.45, 7) is 0.388. The van der Waals surface area contributed by atoms with Crippen LogP contribution >= 0.6 is 23.2 Å². The van der Waals surface area contributed by atoms with Crippen molar-refractivity contribution in [3.63, 3.8) is 0 Å². The fourth-order valence-electron chi connectivity index (χ4n) is 2.81. The van der Waals surface area contributed by atoms with Gasteiger partial charge in [0.15, 0.2) is 0 Å². The van der Waals surface area contributed by atoms with Crippen molar-refractivity contribution >= 4 is 28.8 Å². The third-order valence-corrected chi connectivity index (χ3v) is 4.49. The van der Waals surface area contributed by atoms with Gasteiger partial charge in [0.25, 0.3) is 5.56 Å². The number of imidazole rings is 1. The van der Waals surface area contributed by atoms with E-state index < -0.39 is 0 Å². The molecule has 0 amide bonds. The Morgan fingerprint density at radius 1 is 0.920 bits per heavy atom. The van der Waals surface area contributed by atoms with Gasteiger partial charge in [0.05, 0.1) is 23.0 Å². The van der Waals surface area contributed by atoms with Crippen LogP contribution in [0.1, 0.15) is 5.69 Å². The number of rotatable bonds is 3. The van der Waals surface area contributed by atoms with Gasteiger partial charge < -0.3 is 8.97 Å². The van der Waals surface area contributed by atoms with Gasteiger partial charge in [0.2, 0.25) is 0 Å². The monoisotopic (exact) mass is 369 g/mol. The first-order valence-electron chi connectivity index (χ1n) is 7.70. The fourth-order valence-corrected chi connectivity index (χ4v) is 3.10. The highest BCUT2D eigenvalue weighted by Crippen LogP contribution is 2.27. The summed E-state index contributed by atoms with van der Waals surface area (Å²) in [4.78, 5) is 16.9. The second kappa shape index (κ2) is 6.39. The summed E-state index contributed by atoms with van der Waals surface area (Å²) in [5.41, 5.74) is 3.32. The molecule has 0 fully saturated rings. The van der Waals surface area contributed by atoms with E-state index in [2.05, 4.69) is 0 Å². The lowest BCUT2D eigenvalue weighted by molar-refractivity contribution is 0.734. The van der Waals surface area contributed by atoms with Crippen LogP contribution in [-0.2, 0) is 6.54 Å². The molecule has 0 unspecified atom stereocenters. The molecule has 124 valence electrons. The third-order valence-electron chi connectivity index (χ3n) is 4.02. The Morgan fingerprint density at radius 2 is 1.68 bits per heavy atom. The van der Waals surface area contributed by atoms with E-state index >= 15 is 0 Å². The summed E-state index contributed by atoms with van der Waals surface area (Å²) in [5.74, 6) is 0. The van der Waals surface area contributed by atoms with Gasteiger partial charge in [0, 0.05) is 29.0 Å². The van der Waals surface area contributed by atoms with Gasteiger partial charge in [-0.15, -0.1) is 0 Å². The van der Waals surface area contributed by atoms with Gasteiger partial charge in [0.1, 0.15) is 5.65 Å². The smallest absolute Gasteiger partial charge is 0.250 e. The number of pyridine rings is 2. The average Bonchev–Trinajstić information content (AvgIpc) is 2.95. The number of fused-ring (bicyclic) bond motifs is 1. The Balaban J connectivity index is 1.94. The van der Waals surface area contributed by atoms with Crippen LogP contribution in [0.4, 0.5) is 0 Å². The van der Waals surface area contributed by atoms with E-state index in [1.165, 1.54) is 6.07 Å². The van der Waals surface area contributed by atoms with Crippen molar-refractivity contribution in [2.24, 2.45) is 0 Å². The lowest BCUT2D eigenvalue weighted by atomic mass is 10.1. The molecule has 0 saturated heterocycles. The predicted octanol–water partition coefficient (Wildman–Crippen LogP) is 4.52. The van der Waals surface area contributed by atoms with Crippen LogP contribution in [0.3, 0.4) is 0 Å².